The van der Waals surface area contributed by atoms with Crippen molar-refractivity contribution in [3.63, 3.8) is 0 Å². The molecule has 1 aliphatic rings. The number of benzene rings is 7. The molecule has 0 atom stereocenters. The second-order valence-corrected chi connectivity index (χ2v) is 14.4. The normalized spacial score (nSPS) is 12.8. The summed E-state index contributed by atoms with van der Waals surface area (Å²) < 4.78 is 2.36. The Hall–Kier alpha value is -7.16. The standard InChI is InChI=1S/C49H33N5/c1-49(2)41-23-13-10-21-37(41)39-30-45-40(29-42(39)49)38-22-12-15-25-44(38)54(45)35-27-33(36-20-11-14-24-43(36)50-3)26-34(28-35)48-52-46(31-16-6-4-7-17-31)51-47(53-48)32-18-8-5-9-19-32/h4-30H,1-2H3. The average Bonchev–Trinajstić information content (AvgIpc) is 3.68. The molecule has 7 aromatic carbocycles. The number of rotatable bonds is 5. The minimum absolute atomic E-state index is 0.120. The fourth-order valence-corrected chi connectivity index (χ4v) is 8.22. The predicted octanol–water partition coefficient (Wildman–Crippen LogP) is 12.5. The lowest BCUT2D eigenvalue weighted by atomic mass is 9.82. The minimum Gasteiger partial charge on any atom is -0.309 e. The molecule has 0 unspecified atom stereocenters. The molecular formula is C49H33N5. The van der Waals surface area contributed by atoms with Gasteiger partial charge in [-0.05, 0) is 69.8 Å². The van der Waals surface area contributed by atoms with E-state index in [0.717, 1.165) is 44.5 Å². The number of para-hydroxylation sites is 2. The number of nitrogens with zero attached hydrogens (tertiary/aromatic N) is 5. The molecule has 9 aromatic rings. The van der Waals surface area contributed by atoms with Crippen LogP contribution in [0.5, 0.6) is 0 Å². The van der Waals surface area contributed by atoms with Gasteiger partial charge >= 0.3 is 0 Å². The summed E-state index contributed by atoms with van der Waals surface area (Å²) in [6, 6.07) is 56.6. The van der Waals surface area contributed by atoms with E-state index >= 15 is 0 Å². The third-order valence-electron chi connectivity index (χ3n) is 10.8. The summed E-state index contributed by atoms with van der Waals surface area (Å²) in [7, 11) is 0. The van der Waals surface area contributed by atoms with E-state index in [9.17, 15) is 0 Å². The summed E-state index contributed by atoms with van der Waals surface area (Å²) >= 11 is 0. The van der Waals surface area contributed by atoms with Crippen molar-refractivity contribution in [1.82, 2.24) is 19.5 Å². The Kier molecular flexibility index (Phi) is 7.14. The number of aromatic nitrogens is 4. The second kappa shape index (κ2) is 12.2. The topological polar surface area (TPSA) is 48.0 Å². The highest BCUT2D eigenvalue weighted by molar-refractivity contribution is 6.11. The Morgan fingerprint density at radius 1 is 0.463 bits per heavy atom. The molecule has 0 aliphatic heterocycles. The Bertz CT molecular complexity index is 2910. The maximum atomic E-state index is 8.06. The van der Waals surface area contributed by atoms with E-state index in [2.05, 4.69) is 102 Å². The van der Waals surface area contributed by atoms with Crippen LogP contribution in [0.4, 0.5) is 5.69 Å². The van der Waals surface area contributed by atoms with Gasteiger partial charge in [-0.15, -0.1) is 0 Å². The average molecular weight is 692 g/mol. The molecule has 2 heterocycles. The SMILES string of the molecule is [C-]#[N+]c1ccccc1-c1cc(-c2nc(-c3ccccc3)nc(-c3ccccc3)n2)cc(-n2c3ccccc3c3cc4c(cc32)-c2ccccc2C4(C)C)c1. The first-order chi connectivity index (χ1) is 26.5. The van der Waals surface area contributed by atoms with E-state index in [0.29, 0.717) is 23.2 Å². The summed E-state index contributed by atoms with van der Waals surface area (Å²) in [5.41, 5.74) is 13.3. The van der Waals surface area contributed by atoms with Gasteiger partial charge in [-0.25, -0.2) is 19.8 Å². The highest BCUT2D eigenvalue weighted by Gasteiger charge is 2.36. The Morgan fingerprint density at radius 3 is 1.74 bits per heavy atom. The van der Waals surface area contributed by atoms with Crippen molar-refractivity contribution in [2.24, 2.45) is 0 Å². The molecule has 1 aliphatic carbocycles. The minimum atomic E-state index is -0.120. The van der Waals surface area contributed by atoms with Gasteiger partial charge in [0.1, 0.15) is 0 Å². The van der Waals surface area contributed by atoms with Gasteiger partial charge in [0.2, 0.25) is 0 Å². The number of fused-ring (bicyclic) bond motifs is 6. The monoisotopic (exact) mass is 691 g/mol. The molecule has 0 spiro atoms. The molecule has 0 saturated carbocycles. The van der Waals surface area contributed by atoms with Crippen LogP contribution in [0.15, 0.2) is 164 Å². The Morgan fingerprint density at radius 2 is 1.04 bits per heavy atom. The van der Waals surface area contributed by atoms with Crippen molar-refractivity contribution >= 4 is 27.5 Å². The Labute approximate surface area is 313 Å². The maximum Gasteiger partial charge on any atom is 0.194 e. The van der Waals surface area contributed by atoms with E-state index in [-0.39, 0.29) is 5.41 Å². The van der Waals surface area contributed by atoms with Crippen molar-refractivity contribution in [3.8, 4) is 62.1 Å². The van der Waals surface area contributed by atoms with Gasteiger partial charge in [0.15, 0.2) is 23.2 Å². The smallest absolute Gasteiger partial charge is 0.194 e. The molecule has 254 valence electrons. The molecule has 5 nitrogen and oxygen atoms in total. The molecule has 5 heteroatoms. The fourth-order valence-electron chi connectivity index (χ4n) is 8.22. The summed E-state index contributed by atoms with van der Waals surface area (Å²) in [5.74, 6) is 1.76. The van der Waals surface area contributed by atoms with E-state index in [1.165, 1.54) is 33.0 Å². The zero-order chi connectivity index (χ0) is 36.4. The van der Waals surface area contributed by atoms with Gasteiger partial charge < -0.3 is 4.57 Å². The van der Waals surface area contributed by atoms with Crippen molar-refractivity contribution in [2.75, 3.05) is 0 Å². The summed E-state index contributed by atoms with van der Waals surface area (Å²) in [4.78, 5) is 19.1. The zero-order valence-electron chi connectivity index (χ0n) is 29.8. The van der Waals surface area contributed by atoms with Crippen LogP contribution in [0.25, 0.3) is 88.8 Å². The molecule has 0 saturated heterocycles. The van der Waals surface area contributed by atoms with Crippen LogP contribution in [0.2, 0.25) is 0 Å². The van der Waals surface area contributed by atoms with Crippen molar-refractivity contribution in [1.29, 1.82) is 0 Å². The highest BCUT2D eigenvalue weighted by atomic mass is 15.0. The Balaban J connectivity index is 1.28. The van der Waals surface area contributed by atoms with Crippen LogP contribution in [0.1, 0.15) is 25.0 Å². The summed E-state index contributed by atoms with van der Waals surface area (Å²) in [5, 5.41) is 2.39. The lowest BCUT2D eigenvalue weighted by Crippen LogP contribution is -2.14. The molecule has 0 amide bonds. The summed E-state index contributed by atoms with van der Waals surface area (Å²) in [6.45, 7) is 12.7. The van der Waals surface area contributed by atoms with Crippen molar-refractivity contribution < 1.29 is 0 Å². The number of hydrogen-bond donors (Lipinski definition) is 0. The first kappa shape index (κ1) is 31.6. The lowest BCUT2D eigenvalue weighted by molar-refractivity contribution is 0.661. The molecule has 0 fully saturated rings. The third kappa shape index (κ3) is 4.96. The third-order valence-corrected chi connectivity index (χ3v) is 10.8. The zero-order valence-corrected chi connectivity index (χ0v) is 29.8. The summed E-state index contributed by atoms with van der Waals surface area (Å²) in [6.07, 6.45) is 0. The van der Waals surface area contributed by atoms with E-state index < -0.39 is 0 Å². The maximum absolute atomic E-state index is 8.06. The van der Waals surface area contributed by atoms with Gasteiger partial charge in [0, 0.05) is 38.6 Å². The van der Waals surface area contributed by atoms with Crippen LogP contribution >= 0.6 is 0 Å². The fraction of sp³-hybridized carbons (Fsp3) is 0.0612. The van der Waals surface area contributed by atoms with Gasteiger partial charge in [-0.1, -0.05) is 141 Å². The van der Waals surface area contributed by atoms with Crippen LogP contribution < -0.4 is 0 Å². The molecule has 0 bridgehead atoms. The van der Waals surface area contributed by atoms with Crippen LogP contribution in [-0.2, 0) is 5.41 Å². The largest absolute Gasteiger partial charge is 0.309 e. The van der Waals surface area contributed by atoms with Gasteiger partial charge in [-0.3, -0.25) is 0 Å². The van der Waals surface area contributed by atoms with Crippen LogP contribution in [-0.4, -0.2) is 19.5 Å². The van der Waals surface area contributed by atoms with Gasteiger partial charge in [-0.2, -0.15) is 0 Å². The van der Waals surface area contributed by atoms with Crippen molar-refractivity contribution in [2.45, 2.75) is 19.3 Å². The van der Waals surface area contributed by atoms with E-state index in [1.807, 2.05) is 84.9 Å². The highest BCUT2D eigenvalue weighted by Crippen LogP contribution is 2.51. The predicted molar refractivity (Wildman–Crippen MR) is 220 cm³/mol. The van der Waals surface area contributed by atoms with Crippen molar-refractivity contribution in [3.05, 3.63) is 186 Å². The lowest BCUT2D eigenvalue weighted by Gasteiger charge is -2.21. The molecular weight excluding hydrogens is 659 g/mol. The molecule has 0 radical (unpaired) electrons. The van der Waals surface area contributed by atoms with Crippen LogP contribution in [0, 0.1) is 6.57 Å². The molecule has 0 N–H and O–H groups in total. The molecule has 54 heavy (non-hydrogen) atoms. The molecule has 10 rings (SSSR count). The van der Waals surface area contributed by atoms with Gasteiger partial charge in [0.25, 0.3) is 0 Å². The second-order valence-electron chi connectivity index (χ2n) is 14.4. The van der Waals surface area contributed by atoms with Gasteiger partial charge in [0.05, 0.1) is 17.6 Å². The first-order valence-electron chi connectivity index (χ1n) is 18.1. The van der Waals surface area contributed by atoms with E-state index in [4.69, 9.17) is 21.5 Å². The quantitative estimate of drug-likeness (QED) is 0.169. The molecule has 2 aromatic heterocycles. The van der Waals surface area contributed by atoms with Crippen LogP contribution in [0.3, 0.4) is 0 Å². The number of hydrogen-bond acceptors (Lipinski definition) is 3. The first-order valence-corrected chi connectivity index (χ1v) is 18.1. The van der Waals surface area contributed by atoms with E-state index in [1.54, 1.807) is 0 Å².